The van der Waals surface area contributed by atoms with E-state index in [0.717, 1.165) is 5.56 Å². The molecule has 0 N–H and O–H groups in total. The van der Waals surface area contributed by atoms with Crippen molar-refractivity contribution >= 4 is 21.8 Å². The van der Waals surface area contributed by atoms with Crippen LogP contribution in [0.25, 0.3) is 0 Å². The summed E-state index contributed by atoms with van der Waals surface area (Å²) in [5, 5.41) is 8.29. The van der Waals surface area contributed by atoms with Crippen LogP contribution in [0.1, 0.15) is 24.8 Å². The molecular weight excluding hydrogens is 408 g/mol. The van der Waals surface area contributed by atoms with Gasteiger partial charge in [-0.15, -0.1) is 4.40 Å². The van der Waals surface area contributed by atoms with E-state index in [9.17, 15) is 13.2 Å². The zero-order chi connectivity index (χ0) is 21.1. The van der Waals surface area contributed by atoms with Gasteiger partial charge < -0.3 is 14.4 Å². The van der Waals surface area contributed by atoms with Crippen molar-refractivity contribution in [1.82, 2.24) is 4.90 Å². The lowest BCUT2D eigenvalue weighted by molar-refractivity contribution is -0.139. The van der Waals surface area contributed by atoms with Gasteiger partial charge in [0.1, 0.15) is 5.84 Å². The number of fused-ring (bicyclic) bond motifs is 1. The van der Waals surface area contributed by atoms with Crippen LogP contribution in [0.3, 0.4) is 0 Å². The lowest BCUT2D eigenvalue weighted by atomic mass is 9.93. The number of benzene rings is 1. The van der Waals surface area contributed by atoms with E-state index in [1.807, 2.05) is 11.8 Å². The first-order valence-corrected chi connectivity index (χ1v) is 11.7. The standard InChI is InChI=1S/C20H26N4O5S/c1-14-5-7-15(8-6-14)30(26,27)23-18(24-9-11-28-12-10-24)4-2-3-17-16-13-29-20(25)19(16)22-21-17/h5-8,16-17,19H,2-4,9-13H2,1H3/b23-18+/t16-,17-,19+/m1/s1. The van der Waals surface area contributed by atoms with Gasteiger partial charge in [0.2, 0.25) is 0 Å². The first kappa shape index (κ1) is 20.9. The summed E-state index contributed by atoms with van der Waals surface area (Å²) in [6, 6.07) is 6.17. The van der Waals surface area contributed by atoms with Gasteiger partial charge in [-0.25, -0.2) is 4.79 Å². The van der Waals surface area contributed by atoms with Crippen LogP contribution in [0.2, 0.25) is 0 Å². The average Bonchev–Trinajstić information content (AvgIpc) is 3.31. The summed E-state index contributed by atoms with van der Waals surface area (Å²) in [4.78, 5) is 13.8. The number of aryl methyl sites for hydroxylation is 1. The smallest absolute Gasteiger partial charge is 0.333 e. The van der Waals surface area contributed by atoms with E-state index in [4.69, 9.17) is 9.47 Å². The molecule has 30 heavy (non-hydrogen) atoms. The molecule has 4 rings (SSSR count). The molecule has 0 aromatic heterocycles. The first-order chi connectivity index (χ1) is 14.4. The molecule has 1 aromatic carbocycles. The number of cyclic esters (lactones) is 1. The van der Waals surface area contributed by atoms with Crippen LogP contribution in [-0.2, 0) is 24.3 Å². The van der Waals surface area contributed by atoms with E-state index in [1.54, 1.807) is 24.3 Å². The summed E-state index contributed by atoms with van der Waals surface area (Å²) in [7, 11) is -3.80. The number of hydrogen-bond acceptors (Lipinski definition) is 7. The summed E-state index contributed by atoms with van der Waals surface area (Å²) in [6.45, 7) is 4.57. The van der Waals surface area contributed by atoms with E-state index in [1.165, 1.54) is 0 Å². The molecule has 0 bridgehead atoms. The second kappa shape index (κ2) is 8.81. The number of sulfonamides is 1. The third-order valence-electron chi connectivity index (χ3n) is 5.72. The largest absolute Gasteiger partial charge is 0.464 e. The molecule has 0 unspecified atom stereocenters. The molecule has 1 aromatic rings. The maximum atomic E-state index is 12.9. The van der Waals surface area contributed by atoms with Crippen molar-refractivity contribution in [3.05, 3.63) is 29.8 Å². The van der Waals surface area contributed by atoms with Crippen LogP contribution >= 0.6 is 0 Å². The quantitative estimate of drug-likeness (QED) is 0.385. The fraction of sp³-hybridized carbons (Fsp3) is 0.600. The van der Waals surface area contributed by atoms with E-state index in [-0.39, 0.29) is 22.8 Å². The van der Waals surface area contributed by atoms with Crippen LogP contribution in [0.15, 0.2) is 43.8 Å². The molecular formula is C20H26N4O5S. The minimum absolute atomic E-state index is 0.00225. The molecule has 9 nitrogen and oxygen atoms in total. The maximum absolute atomic E-state index is 12.9. The molecule has 0 radical (unpaired) electrons. The third kappa shape index (κ3) is 4.54. The molecule has 0 saturated carbocycles. The zero-order valence-electron chi connectivity index (χ0n) is 16.9. The SMILES string of the molecule is Cc1ccc(S(=O)(=O)/N=C(\CCC[C@H]2N=N[C@@H]3C(=O)OC[C@@H]32)N2CCOCC2)cc1. The van der Waals surface area contributed by atoms with Crippen LogP contribution in [0.5, 0.6) is 0 Å². The van der Waals surface area contributed by atoms with E-state index < -0.39 is 16.1 Å². The van der Waals surface area contributed by atoms with Crippen molar-refractivity contribution in [2.45, 2.75) is 43.2 Å². The van der Waals surface area contributed by atoms with Crippen LogP contribution in [0, 0.1) is 12.8 Å². The Kier molecular flexibility index (Phi) is 6.14. The van der Waals surface area contributed by atoms with Gasteiger partial charge in [-0.3, -0.25) is 0 Å². The highest BCUT2D eigenvalue weighted by atomic mass is 32.2. The van der Waals surface area contributed by atoms with Crippen molar-refractivity contribution < 1.29 is 22.7 Å². The fourth-order valence-corrected chi connectivity index (χ4v) is 5.02. The van der Waals surface area contributed by atoms with E-state index in [0.29, 0.717) is 58.0 Å². The Morgan fingerprint density at radius 1 is 1.20 bits per heavy atom. The van der Waals surface area contributed by atoms with Crippen LogP contribution in [-0.4, -0.2) is 70.1 Å². The number of esters is 1. The molecule has 0 amide bonds. The van der Waals surface area contributed by atoms with Gasteiger partial charge in [0.25, 0.3) is 10.0 Å². The van der Waals surface area contributed by atoms with Gasteiger partial charge in [-0.2, -0.15) is 18.6 Å². The topological polar surface area (TPSA) is 110 Å². The Hall–Kier alpha value is -2.33. The Labute approximate surface area is 176 Å². The monoisotopic (exact) mass is 434 g/mol. The molecule has 2 saturated heterocycles. The summed E-state index contributed by atoms with van der Waals surface area (Å²) in [5.41, 5.74) is 0.990. The highest BCUT2D eigenvalue weighted by Gasteiger charge is 2.45. The number of rotatable bonds is 6. The number of amidine groups is 1. The molecule has 162 valence electrons. The fourth-order valence-electron chi connectivity index (χ4n) is 3.95. The van der Waals surface area contributed by atoms with Crippen molar-refractivity contribution in [1.29, 1.82) is 0 Å². The van der Waals surface area contributed by atoms with Crippen molar-refractivity contribution in [3.8, 4) is 0 Å². The van der Waals surface area contributed by atoms with Gasteiger partial charge in [0, 0.05) is 19.5 Å². The minimum atomic E-state index is -3.80. The average molecular weight is 435 g/mol. The van der Waals surface area contributed by atoms with Crippen molar-refractivity contribution in [3.63, 3.8) is 0 Å². The number of carbonyl (C=O) groups is 1. The molecule has 3 aliphatic heterocycles. The second-order valence-corrected chi connectivity index (χ2v) is 9.43. The number of azo groups is 1. The summed E-state index contributed by atoms with van der Waals surface area (Å²) >= 11 is 0. The maximum Gasteiger partial charge on any atom is 0.333 e. The van der Waals surface area contributed by atoms with Gasteiger partial charge >= 0.3 is 5.97 Å². The highest BCUT2D eigenvalue weighted by Crippen LogP contribution is 2.32. The Balaban J connectivity index is 1.46. The van der Waals surface area contributed by atoms with Gasteiger partial charge in [-0.05, 0) is 31.9 Å². The molecule has 10 heteroatoms. The molecule has 3 aliphatic rings. The van der Waals surface area contributed by atoms with Crippen LogP contribution in [0.4, 0.5) is 0 Å². The third-order valence-corrected chi connectivity index (χ3v) is 7.04. The molecule has 0 spiro atoms. The first-order valence-electron chi connectivity index (χ1n) is 10.2. The number of hydrogen-bond donors (Lipinski definition) is 0. The molecule has 3 heterocycles. The number of ether oxygens (including phenoxy) is 2. The lowest BCUT2D eigenvalue weighted by Crippen LogP contribution is -2.41. The van der Waals surface area contributed by atoms with Crippen LogP contribution < -0.4 is 0 Å². The summed E-state index contributed by atoms with van der Waals surface area (Å²) in [6.07, 6.45) is 1.90. The van der Waals surface area contributed by atoms with Gasteiger partial charge in [-0.1, -0.05) is 17.7 Å². The lowest BCUT2D eigenvalue weighted by Gasteiger charge is -2.30. The highest BCUT2D eigenvalue weighted by molar-refractivity contribution is 7.90. The van der Waals surface area contributed by atoms with Crippen molar-refractivity contribution in [2.24, 2.45) is 20.5 Å². The zero-order valence-corrected chi connectivity index (χ0v) is 17.8. The number of morpholine rings is 1. The normalized spacial score (nSPS) is 26.7. The van der Waals surface area contributed by atoms with E-state index in [2.05, 4.69) is 14.6 Å². The predicted octanol–water partition coefficient (Wildman–Crippen LogP) is 1.96. The van der Waals surface area contributed by atoms with Gasteiger partial charge in [0.05, 0.1) is 36.7 Å². The van der Waals surface area contributed by atoms with Crippen molar-refractivity contribution in [2.75, 3.05) is 32.9 Å². The summed E-state index contributed by atoms with van der Waals surface area (Å²) < 4.78 is 40.4. The molecule has 2 fully saturated rings. The number of nitrogens with zero attached hydrogens (tertiary/aromatic N) is 4. The molecule has 0 aliphatic carbocycles. The Bertz CT molecular complexity index is 938. The van der Waals surface area contributed by atoms with E-state index >= 15 is 0 Å². The van der Waals surface area contributed by atoms with Gasteiger partial charge in [0.15, 0.2) is 6.04 Å². The minimum Gasteiger partial charge on any atom is -0.464 e. The summed E-state index contributed by atoms with van der Waals surface area (Å²) in [5.74, 6) is 0.243. The predicted molar refractivity (Wildman–Crippen MR) is 109 cm³/mol. The Morgan fingerprint density at radius 2 is 1.93 bits per heavy atom. The molecule has 3 atom stereocenters. The number of carbonyl (C=O) groups excluding carboxylic acids is 1. The Morgan fingerprint density at radius 3 is 2.67 bits per heavy atom. The second-order valence-electron chi connectivity index (χ2n) is 7.82.